The molecule has 7 heteroatoms. The lowest BCUT2D eigenvalue weighted by Gasteiger charge is -2.30. The molecule has 2 aliphatic carbocycles. The molecule has 0 radical (unpaired) electrons. The predicted molar refractivity (Wildman–Crippen MR) is 91.1 cm³/mol. The summed E-state index contributed by atoms with van der Waals surface area (Å²) in [5.74, 6) is 0.685. The summed E-state index contributed by atoms with van der Waals surface area (Å²) in [5, 5.41) is 9.49. The van der Waals surface area contributed by atoms with Crippen LogP contribution in [0.2, 0.25) is 0 Å². The number of phenolic OH excluding ortho intramolecular Hbond substituents is 1. The number of nitrogens with one attached hydrogen (secondary N) is 1. The minimum atomic E-state index is -4.65. The van der Waals surface area contributed by atoms with Crippen LogP contribution >= 0.6 is 0 Å². The molecule has 2 fully saturated rings. The first-order valence-electron chi connectivity index (χ1n) is 8.54. The van der Waals surface area contributed by atoms with Gasteiger partial charge in [-0.05, 0) is 42.1 Å². The van der Waals surface area contributed by atoms with Gasteiger partial charge in [0.15, 0.2) is 0 Å². The third kappa shape index (κ3) is 3.45. The molecule has 2 N–H and O–H groups in total. The van der Waals surface area contributed by atoms with E-state index in [2.05, 4.69) is 18.6 Å². The van der Waals surface area contributed by atoms with E-state index in [1.807, 2.05) is 6.92 Å². The summed E-state index contributed by atoms with van der Waals surface area (Å²) >= 11 is 0. The molecule has 0 bridgehead atoms. The number of para-hydroxylation sites is 1. The average molecular weight is 375 g/mol. The highest BCUT2D eigenvalue weighted by Crippen LogP contribution is 2.66. The molecule has 2 aliphatic rings. The smallest absolute Gasteiger partial charge is 0.408 e. The summed E-state index contributed by atoms with van der Waals surface area (Å²) in [7, 11) is -1.83. The molecule has 0 aromatic heterocycles. The third-order valence-electron chi connectivity index (χ3n) is 6.12. The van der Waals surface area contributed by atoms with E-state index >= 15 is 0 Å². The van der Waals surface area contributed by atoms with Gasteiger partial charge in [0.2, 0.25) is 0 Å². The van der Waals surface area contributed by atoms with Gasteiger partial charge in [-0.3, -0.25) is 0 Å². The highest BCUT2D eigenvalue weighted by Gasteiger charge is 2.61. The minimum Gasteiger partial charge on any atom is -0.508 e. The Kier molecular flexibility index (Phi) is 4.69. The largest absolute Gasteiger partial charge is 0.508 e. The van der Waals surface area contributed by atoms with Gasteiger partial charge in [-0.15, -0.1) is 0 Å². The van der Waals surface area contributed by atoms with E-state index in [1.54, 1.807) is 0 Å². The van der Waals surface area contributed by atoms with Crippen molar-refractivity contribution < 1.29 is 22.5 Å². The average Bonchev–Trinajstić information content (AvgIpc) is 3.04. The molecule has 140 valence electrons. The normalized spacial score (nSPS) is 33.4. The molecule has 0 amide bonds. The van der Waals surface area contributed by atoms with Gasteiger partial charge in [0, 0.05) is 5.56 Å². The summed E-state index contributed by atoms with van der Waals surface area (Å²) in [5.41, 5.74) is -0.0922. The van der Waals surface area contributed by atoms with Crippen LogP contribution in [0.4, 0.5) is 13.2 Å². The Bertz CT molecular complexity index is 677. The molecule has 0 saturated heterocycles. The van der Waals surface area contributed by atoms with E-state index in [1.165, 1.54) is 24.3 Å². The number of rotatable bonds is 4. The first-order chi connectivity index (χ1) is 11.5. The molecule has 25 heavy (non-hydrogen) atoms. The molecule has 0 aliphatic heterocycles. The summed E-state index contributed by atoms with van der Waals surface area (Å²) in [6, 6.07) is 3.16. The van der Waals surface area contributed by atoms with Crippen LogP contribution in [0.15, 0.2) is 24.3 Å². The van der Waals surface area contributed by atoms with E-state index < -0.39 is 29.0 Å². The van der Waals surface area contributed by atoms with Crippen LogP contribution in [0.5, 0.6) is 5.75 Å². The Morgan fingerprint density at radius 1 is 1.24 bits per heavy atom. The summed E-state index contributed by atoms with van der Waals surface area (Å²) < 4.78 is 55.5. The Balaban J connectivity index is 1.78. The van der Waals surface area contributed by atoms with Crippen molar-refractivity contribution in [2.75, 3.05) is 0 Å². The molecular weight excluding hydrogens is 351 g/mol. The second-order valence-corrected chi connectivity index (χ2v) is 9.41. The molecule has 0 heterocycles. The van der Waals surface area contributed by atoms with Gasteiger partial charge in [-0.2, -0.15) is 13.2 Å². The van der Waals surface area contributed by atoms with Gasteiger partial charge in [0.1, 0.15) is 11.8 Å². The maximum Gasteiger partial charge on any atom is 0.408 e. The van der Waals surface area contributed by atoms with Crippen LogP contribution < -0.4 is 4.72 Å². The van der Waals surface area contributed by atoms with Gasteiger partial charge in [0.05, 0.1) is 16.2 Å². The predicted octanol–water partition coefficient (Wildman–Crippen LogP) is 4.32. The SMILES string of the molecule is C[C@@H]1C[C@H]2[C@@H](C[C@@H]1[S@@](=O)N[C@@H](c1ccccc1O)C(F)(F)F)C2(C)C. The Morgan fingerprint density at radius 3 is 2.44 bits per heavy atom. The van der Waals surface area contributed by atoms with Gasteiger partial charge >= 0.3 is 6.18 Å². The maximum absolute atomic E-state index is 13.5. The van der Waals surface area contributed by atoms with Crippen LogP contribution in [-0.4, -0.2) is 20.7 Å². The van der Waals surface area contributed by atoms with Gasteiger partial charge in [-0.1, -0.05) is 39.0 Å². The Hall–Kier alpha value is -1.08. The van der Waals surface area contributed by atoms with E-state index in [-0.39, 0.29) is 22.1 Å². The number of fused-ring (bicyclic) bond motifs is 1. The molecule has 0 unspecified atom stereocenters. The quantitative estimate of drug-likeness (QED) is 0.823. The van der Waals surface area contributed by atoms with Crippen molar-refractivity contribution in [3.8, 4) is 5.75 Å². The second-order valence-electron chi connectivity index (χ2n) is 7.97. The maximum atomic E-state index is 13.5. The Labute approximate surface area is 148 Å². The summed E-state index contributed by atoms with van der Waals surface area (Å²) in [6.07, 6.45) is -3.05. The van der Waals surface area contributed by atoms with Crippen molar-refractivity contribution in [2.24, 2.45) is 23.2 Å². The van der Waals surface area contributed by atoms with Crippen molar-refractivity contribution in [3.05, 3.63) is 29.8 Å². The van der Waals surface area contributed by atoms with E-state index in [0.717, 1.165) is 6.42 Å². The topological polar surface area (TPSA) is 49.3 Å². The minimum absolute atomic E-state index is 0.106. The molecule has 0 spiro atoms. The molecule has 1 aromatic rings. The Morgan fingerprint density at radius 2 is 1.84 bits per heavy atom. The van der Waals surface area contributed by atoms with Crippen LogP contribution in [0, 0.1) is 23.2 Å². The highest BCUT2D eigenvalue weighted by molar-refractivity contribution is 7.83. The highest BCUT2D eigenvalue weighted by atomic mass is 32.2. The number of hydrogen-bond donors (Lipinski definition) is 2. The second kappa shape index (κ2) is 6.27. The van der Waals surface area contributed by atoms with Crippen molar-refractivity contribution in [1.29, 1.82) is 0 Å². The van der Waals surface area contributed by atoms with E-state index in [4.69, 9.17) is 0 Å². The number of benzene rings is 1. The van der Waals surface area contributed by atoms with Crippen LogP contribution in [0.3, 0.4) is 0 Å². The standard InChI is InChI=1S/C18H24F3NO2S/c1-10-8-12-13(17(12,2)3)9-15(10)25(24)22-16(18(19,20)21)11-6-4-5-7-14(11)23/h4-7,10,12-13,15-16,22-23H,8-9H2,1-3H3/t10-,12+,13-,15+,16+,25-/m1/s1. The number of phenols is 1. The fourth-order valence-corrected chi connectivity index (χ4v) is 5.95. The lowest BCUT2D eigenvalue weighted by Crippen LogP contribution is -2.42. The third-order valence-corrected chi connectivity index (χ3v) is 7.79. The fraction of sp³-hybridized carbons (Fsp3) is 0.667. The van der Waals surface area contributed by atoms with Crippen molar-refractivity contribution in [1.82, 2.24) is 4.72 Å². The molecule has 3 nitrogen and oxygen atoms in total. The number of hydrogen-bond acceptors (Lipinski definition) is 2. The first kappa shape index (κ1) is 18.7. The van der Waals surface area contributed by atoms with Gasteiger partial charge < -0.3 is 5.11 Å². The molecule has 6 atom stereocenters. The molecule has 2 saturated carbocycles. The lowest BCUT2D eigenvalue weighted by molar-refractivity contribution is -0.153. The number of aromatic hydroxyl groups is 1. The first-order valence-corrected chi connectivity index (χ1v) is 9.76. The van der Waals surface area contributed by atoms with Crippen LogP contribution in [0.1, 0.15) is 45.2 Å². The number of alkyl halides is 3. The molecular formula is C18H24F3NO2S. The fourth-order valence-electron chi connectivity index (χ4n) is 4.37. The summed E-state index contributed by atoms with van der Waals surface area (Å²) in [6.45, 7) is 6.32. The van der Waals surface area contributed by atoms with E-state index in [9.17, 15) is 22.5 Å². The van der Waals surface area contributed by atoms with Crippen LogP contribution in [0.25, 0.3) is 0 Å². The zero-order chi connectivity index (χ0) is 18.6. The van der Waals surface area contributed by atoms with Crippen molar-refractivity contribution >= 4 is 11.0 Å². The summed E-state index contributed by atoms with van der Waals surface area (Å²) in [4.78, 5) is 0. The zero-order valence-electron chi connectivity index (χ0n) is 14.5. The molecule has 1 aromatic carbocycles. The van der Waals surface area contributed by atoms with Gasteiger partial charge in [-0.25, -0.2) is 8.93 Å². The van der Waals surface area contributed by atoms with E-state index in [0.29, 0.717) is 18.3 Å². The molecule has 3 rings (SSSR count). The number of halogens is 3. The van der Waals surface area contributed by atoms with Crippen molar-refractivity contribution in [3.63, 3.8) is 0 Å². The van der Waals surface area contributed by atoms with Crippen molar-refractivity contribution in [2.45, 2.75) is 51.1 Å². The zero-order valence-corrected chi connectivity index (χ0v) is 15.3. The monoisotopic (exact) mass is 375 g/mol. The van der Waals surface area contributed by atoms with Crippen LogP contribution in [-0.2, 0) is 11.0 Å². The van der Waals surface area contributed by atoms with Gasteiger partial charge in [0.25, 0.3) is 0 Å². The lowest BCUT2D eigenvalue weighted by atomic mass is 9.90.